The first-order chi connectivity index (χ1) is 18.3. The molecule has 196 valence electrons. The lowest BCUT2D eigenvalue weighted by atomic mass is 10.1. The van der Waals surface area contributed by atoms with Crippen LogP contribution in [0.2, 0.25) is 5.02 Å². The van der Waals surface area contributed by atoms with Crippen molar-refractivity contribution in [1.29, 1.82) is 0 Å². The van der Waals surface area contributed by atoms with Gasteiger partial charge in [-0.15, -0.1) is 0 Å². The van der Waals surface area contributed by atoms with Gasteiger partial charge in [0.25, 0.3) is 5.91 Å². The van der Waals surface area contributed by atoms with Crippen molar-refractivity contribution in [2.75, 3.05) is 23.4 Å². The number of carbonyl (C=O) groups excluding carboxylic acids is 3. The molecule has 0 aliphatic carbocycles. The Balaban J connectivity index is 1.55. The smallest absolute Gasteiger partial charge is 0.338 e. The summed E-state index contributed by atoms with van der Waals surface area (Å²) in [6.45, 7) is 2.31. The standard InChI is InChI=1S/C28H25ClFN3O4S/c1-2-37-27(36)19-5-13-23(14-6-19)33-26(35)24(17-25(34)31-22-11-7-20(29)8-12-22)32(28(33)38)16-15-18-3-9-21(30)10-4-18/h3-14,24H,2,15-17H2,1H3,(H,31,34). The third-order valence-corrected chi connectivity index (χ3v) is 6.69. The minimum atomic E-state index is -0.847. The van der Waals surface area contributed by atoms with Gasteiger partial charge < -0.3 is 15.0 Å². The molecule has 1 unspecified atom stereocenters. The third kappa shape index (κ3) is 6.35. The second kappa shape index (κ2) is 12.1. The van der Waals surface area contributed by atoms with E-state index in [1.807, 2.05) is 0 Å². The lowest BCUT2D eigenvalue weighted by Crippen LogP contribution is -2.39. The van der Waals surface area contributed by atoms with Crippen LogP contribution in [0, 0.1) is 5.82 Å². The van der Waals surface area contributed by atoms with Crippen LogP contribution in [-0.2, 0) is 20.7 Å². The Morgan fingerprint density at radius 2 is 1.68 bits per heavy atom. The summed E-state index contributed by atoms with van der Waals surface area (Å²) in [5, 5.41) is 3.57. The van der Waals surface area contributed by atoms with E-state index in [4.69, 9.17) is 28.6 Å². The summed E-state index contributed by atoms with van der Waals surface area (Å²) < 4.78 is 18.4. The largest absolute Gasteiger partial charge is 0.462 e. The number of ether oxygens (including phenoxy) is 1. The van der Waals surface area contributed by atoms with E-state index in [1.165, 1.54) is 17.0 Å². The van der Waals surface area contributed by atoms with E-state index >= 15 is 0 Å². The number of benzene rings is 3. The van der Waals surface area contributed by atoms with Crippen LogP contribution < -0.4 is 10.2 Å². The Morgan fingerprint density at radius 1 is 1.03 bits per heavy atom. The van der Waals surface area contributed by atoms with Crippen LogP contribution in [0.25, 0.3) is 0 Å². The van der Waals surface area contributed by atoms with Crippen LogP contribution in [0.1, 0.15) is 29.3 Å². The fraction of sp³-hybridized carbons (Fsp3) is 0.214. The predicted octanol–water partition coefficient (Wildman–Crippen LogP) is 5.23. The van der Waals surface area contributed by atoms with Gasteiger partial charge in [-0.05, 0) is 91.8 Å². The summed E-state index contributed by atoms with van der Waals surface area (Å²) in [6, 6.07) is 18.3. The van der Waals surface area contributed by atoms with Crippen molar-refractivity contribution < 1.29 is 23.5 Å². The molecule has 1 atom stereocenters. The number of rotatable bonds is 9. The Kier molecular flexibility index (Phi) is 8.70. The first kappa shape index (κ1) is 27.2. The van der Waals surface area contributed by atoms with Crippen LogP contribution in [0.3, 0.4) is 0 Å². The molecule has 38 heavy (non-hydrogen) atoms. The van der Waals surface area contributed by atoms with E-state index in [1.54, 1.807) is 72.5 Å². The van der Waals surface area contributed by atoms with Crippen LogP contribution in [-0.4, -0.2) is 47.0 Å². The zero-order valence-electron chi connectivity index (χ0n) is 20.5. The predicted molar refractivity (Wildman–Crippen MR) is 148 cm³/mol. The molecule has 1 saturated heterocycles. The van der Waals surface area contributed by atoms with E-state index in [0.717, 1.165) is 5.56 Å². The molecular formula is C28H25ClFN3O4S. The summed E-state index contributed by atoms with van der Waals surface area (Å²) in [4.78, 5) is 41.6. The summed E-state index contributed by atoms with van der Waals surface area (Å²) >= 11 is 11.6. The summed E-state index contributed by atoms with van der Waals surface area (Å²) in [6.07, 6.45) is 0.348. The normalized spacial score (nSPS) is 15.1. The van der Waals surface area contributed by atoms with Crippen LogP contribution in [0.4, 0.5) is 15.8 Å². The third-order valence-electron chi connectivity index (χ3n) is 6.02. The second-order valence-corrected chi connectivity index (χ2v) is 9.37. The SMILES string of the molecule is CCOC(=O)c1ccc(N2C(=O)C(CC(=O)Nc3ccc(Cl)cc3)N(CCc3ccc(F)cc3)C2=S)cc1. The Hall–Kier alpha value is -3.82. The number of esters is 1. The van der Waals surface area contributed by atoms with Gasteiger partial charge in [0.05, 0.1) is 24.3 Å². The summed E-state index contributed by atoms with van der Waals surface area (Å²) in [5.74, 6) is -1.52. The molecule has 3 aromatic carbocycles. The van der Waals surface area contributed by atoms with Gasteiger partial charge in [-0.25, -0.2) is 9.18 Å². The molecule has 1 fully saturated rings. The van der Waals surface area contributed by atoms with Crippen molar-refractivity contribution >= 4 is 58.1 Å². The topological polar surface area (TPSA) is 78.9 Å². The highest BCUT2D eigenvalue weighted by Crippen LogP contribution is 2.28. The number of hydrogen-bond acceptors (Lipinski definition) is 5. The number of thiocarbonyl (C=S) groups is 1. The maximum Gasteiger partial charge on any atom is 0.338 e. The number of anilines is 2. The van der Waals surface area contributed by atoms with Gasteiger partial charge in [0.15, 0.2) is 5.11 Å². The molecule has 0 spiro atoms. The van der Waals surface area contributed by atoms with Gasteiger partial charge in [0, 0.05) is 17.3 Å². The lowest BCUT2D eigenvalue weighted by Gasteiger charge is -2.24. The van der Waals surface area contributed by atoms with Gasteiger partial charge in [-0.1, -0.05) is 23.7 Å². The average molecular weight is 554 g/mol. The first-order valence-electron chi connectivity index (χ1n) is 12.0. The Morgan fingerprint density at radius 3 is 2.32 bits per heavy atom. The van der Waals surface area contributed by atoms with Crippen molar-refractivity contribution in [3.8, 4) is 0 Å². The van der Waals surface area contributed by atoms with E-state index in [-0.39, 0.29) is 35.8 Å². The molecule has 0 radical (unpaired) electrons. The number of nitrogens with one attached hydrogen (secondary N) is 1. The van der Waals surface area contributed by atoms with Gasteiger partial charge >= 0.3 is 5.97 Å². The van der Waals surface area contributed by atoms with Crippen molar-refractivity contribution in [3.05, 3.63) is 94.8 Å². The van der Waals surface area contributed by atoms with Gasteiger partial charge in [-0.2, -0.15) is 0 Å². The highest BCUT2D eigenvalue weighted by Gasteiger charge is 2.44. The molecule has 4 rings (SSSR count). The van der Waals surface area contributed by atoms with Crippen LogP contribution in [0.15, 0.2) is 72.8 Å². The van der Waals surface area contributed by atoms with E-state index in [9.17, 15) is 18.8 Å². The van der Waals surface area contributed by atoms with Crippen molar-refractivity contribution in [2.45, 2.75) is 25.8 Å². The fourth-order valence-electron chi connectivity index (χ4n) is 4.11. The highest BCUT2D eigenvalue weighted by atomic mass is 35.5. The summed E-state index contributed by atoms with van der Waals surface area (Å²) in [5.41, 5.74) is 2.24. The van der Waals surface area contributed by atoms with Crippen molar-refractivity contribution in [3.63, 3.8) is 0 Å². The Labute approximate surface area is 230 Å². The zero-order valence-corrected chi connectivity index (χ0v) is 22.1. The lowest BCUT2D eigenvalue weighted by molar-refractivity contribution is -0.124. The molecule has 3 aromatic rings. The number of carbonyl (C=O) groups is 3. The number of halogens is 2. The second-order valence-electron chi connectivity index (χ2n) is 8.57. The minimum Gasteiger partial charge on any atom is -0.462 e. The van der Waals surface area contributed by atoms with Gasteiger partial charge in [0.2, 0.25) is 5.91 Å². The van der Waals surface area contributed by atoms with E-state index in [2.05, 4.69) is 5.32 Å². The quantitative estimate of drug-likeness (QED) is 0.289. The summed E-state index contributed by atoms with van der Waals surface area (Å²) in [7, 11) is 0. The number of nitrogens with zero attached hydrogens (tertiary/aromatic N) is 2. The molecule has 2 amide bonds. The molecule has 7 nitrogen and oxygen atoms in total. The molecule has 1 aliphatic rings. The van der Waals surface area contributed by atoms with Crippen LogP contribution >= 0.6 is 23.8 Å². The van der Waals surface area contributed by atoms with E-state index in [0.29, 0.717) is 34.9 Å². The van der Waals surface area contributed by atoms with Crippen molar-refractivity contribution in [2.24, 2.45) is 0 Å². The molecule has 0 saturated carbocycles. The van der Waals surface area contributed by atoms with Crippen molar-refractivity contribution in [1.82, 2.24) is 4.90 Å². The maximum atomic E-state index is 13.6. The molecule has 0 bridgehead atoms. The molecular weight excluding hydrogens is 529 g/mol. The van der Waals surface area contributed by atoms with E-state index < -0.39 is 12.0 Å². The maximum absolute atomic E-state index is 13.6. The minimum absolute atomic E-state index is 0.136. The van der Waals surface area contributed by atoms with Gasteiger partial charge in [-0.3, -0.25) is 14.5 Å². The molecule has 1 N–H and O–H groups in total. The molecule has 10 heteroatoms. The fourth-order valence-corrected chi connectivity index (χ4v) is 4.65. The number of amides is 2. The average Bonchev–Trinajstić information content (AvgIpc) is 3.13. The van der Waals surface area contributed by atoms with Gasteiger partial charge in [0.1, 0.15) is 11.9 Å². The highest BCUT2D eigenvalue weighted by molar-refractivity contribution is 7.80. The monoisotopic (exact) mass is 553 g/mol. The molecule has 1 aliphatic heterocycles. The van der Waals surface area contributed by atoms with Crippen LogP contribution in [0.5, 0.6) is 0 Å². The first-order valence-corrected chi connectivity index (χ1v) is 12.8. The molecule has 1 heterocycles. The zero-order chi connectivity index (χ0) is 27.2. The molecule has 0 aromatic heterocycles. The number of hydrogen-bond donors (Lipinski definition) is 1. The Bertz CT molecular complexity index is 1330.